The molecule has 5 heteroatoms. The average Bonchev–Trinajstić information content (AvgIpc) is 2.72. The zero-order valence-electron chi connectivity index (χ0n) is 11.6. The summed E-state index contributed by atoms with van der Waals surface area (Å²) in [5.41, 5.74) is 0.892. The van der Waals surface area contributed by atoms with Crippen LogP contribution in [0.1, 0.15) is 19.5 Å². The van der Waals surface area contributed by atoms with Crippen LogP contribution >= 0.6 is 11.6 Å². The van der Waals surface area contributed by atoms with E-state index in [1.807, 2.05) is 18.2 Å². The topological polar surface area (TPSA) is 45.5 Å². The molecule has 1 amide bonds. The smallest absolute Gasteiger partial charge is 0.254 e. The Labute approximate surface area is 122 Å². The molecule has 0 saturated carbocycles. The van der Waals surface area contributed by atoms with Crippen LogP contribution in [0.25, 0.3) is 10.9 Å². The molecule has 4 nitrogen and oxygen atoms in total. The number of carbonyl (C=O) groups excluding carboxylic acids is 1. The first-order valence-corrected chi connectivity index (χ1v) is 7.03. The lowest BCUT2D eigenvalue weighted by Gasteiger charge is -2.32. The zero-order chi connectivity index (χ0) is 14.5. The Morgan fingerprint density at radius 1 is 1.30 bits per heavy atom. The van der Waals surface area contributed by atoms with Crippen molar-refractivity contribution in [3.8, 4) is 0 Å². The lowest BCUT2D eigenvalue weighted by molar-refractivity contribution is -0.149. The van der Waals surface area contributed by atoms with Crippen molar-refractivity contribution in [2.75, 3.05) is 6.54 Å². The monoisotopic (exact) mass is 292 g/mol. The summed E-state index contributed by atoms with van der Waals surface area (Å²) in [6.07, 6.45) is 0. The quantitative estimate of drug-likeness (QED) is 0.877. The number of nitrogens with zero attached hydrogens (tertiary/aromatic N) is 2. The standard InChI is InChI=1S/C15H17ClN2O2/c1-15(2,20)14(19)17-5-6-18-12(9-17)8-10-7-11(16)3-4-13(10)18/h3-4,7-8,20H,5-6,9H2,1-2H3. The number of hydrogen-bond donors (Lipinski definition) is 1. The number of fused-ring (bicyclic) bond motifs is 3. The van der Waals surface area contributed by atoms with Gasteiger partial charge in [-0.2, -0.15) is 0 Å². The van der Waals surface area contributed by atoms with Gasteiger partial charge in [0.15, 0.2) is 0 Å². The van der Waals surface area contributed by atoms with Gasteiger partial charge >= 0.3 is 0 Å². The fourth-order valence-electron chi connectivity index (χ4n) is 2.75. The van der Waals surface area contributed by atoms with Crippen LogP contribution in [0.5, 0.6) is 0 Å². The molecule has 0 bridgehead atoms. The maximum Gasteiger partial charge on any atom is 0.254 e. The maximum atomic E-state index is 12.1. The molecule has 1 N–H and O–H groups in total. The van der Waals surface area contributed by atoms with E-state index >= 15 is 0 Å². The molecular formula is C15H17ClN2O2. The van der Waals surface area contributed by atoms with Crippen LogP contribution in [-0.2, 0) is 17.9 Å². The molecule has 2 aromatic rings. The van der Waals surface area contributed by atoms with Gasteiger partial charge in [-0.1, -0.05) is 11.6 Å². The second-order valence-electron chi connectivity index (χ2n) is 5.78. The Kier molecular flexibility index (Phi) is 3.03. The predicted molar refractivity (Wildman–Crippen MR) is 78.7 cm³/mol. The molecule has 1 aliphatic heterocycles. The van der Waals surface area contributed by atoms with Crippen LogP contribution in [0.3, 0.4) is 0 Å². The highest BCUT2D eigenvalue weighted by Crippen LogP contribution is 2.27. The van der Waals surface area contributed by atoms with Crippen LogP contribution in [0.15, 0.2) is 24.3 Å². The predicted octanol–water partition coefficient (Wildman–Crippen LogP) is 2.41. The van der Waals surface area contributed by atoms with E-state index in [1.165, 1.54) is 13.8 Å². The summed E-state index contributed by atoms with van der Waals surface area (Å²) in [4.78, 5) is 13.8. The van der Waals surface area contributed by atoms with Crippen LogP contribution < -0.4 is 0 Å². The lowest BCUT2D eigenvalue weighted by atomic mass is 10.1. The number of aliphatic hydroxyl groups is 1. The Hall–Kier alpha value is -1.52. The third-order valence-corrected chi connectivity index (χ3v) is 3.94. The molecule has 0 aliphatic carbocycles. The Balaban J connectivity index is 1.96. The minimum Gasteiger partial charge on any atom is -0.381 e. The number of rotatable bonds is 1. The molecule has 1 aliphatic rings. The SMILES string of the molecule is CC(C)(O)C(=O)N1CCn2c(cc3cc(Cl)ccc32)C1. The summed E-state index contributed by atoms with van der Waals surface area (Å²) >= 11 is 6.01. The van der Waals surface area contributed by atoms with Crippen molar-refractivity contribution in [1.82, 2.24) is 9.47 Å². The van der Waals surface area contributed by atoms with E-state index in [1.54, 1.807) is 4.90 Å². The molecule has 1 aromatic carbocycles. The normalized spacial score (nSPS) is 15.5. The summed E-state index contributed by atoms with van der Waals surface area (Å²) in [6.45, 7) is 4.93. The summed E-state index contributed by atoms with van der Waals surface area (Å²) in [7, 11) is 0. The third kappa shape index (κ3) is 2.19. The first-order chi connectivity index (χ1) is 9.36. The third-order valence-electron chi connectivity index (χ3n) is 3.71. The Morgan fingerprint density at radius 3 is 2.75 bits per heavy atom. The van der Waals surface area contributed by atoms with E-state index in [-0.39, 0.29) is 5.91 Å². The molecule has 0 fully saturated rings. The fraction of sp³-hybridized carbons (Fsp3) is 0.400. The van der Waals surface area contributed by atoms with Crippen molar-refractivity contribution >= 4 is 28.4 Å². The van der Waals surface area contributed by atoms with Crippen molar-refractivity contribution in [3.05, 3.63) is 35.0 Å². The minimum atomic E-state index is -1.32. The first kappa shape index (κ1) is 13.5. The van der Waals surface area contributed by atoms with Gasteiger partial charge in [-0.3, -0.25) is 4.79 Å². The molecule has 0 saturated heterocycles. The summed E-state index contributed by atoms with van der Waals surface area (Å²) < 4.78 is 2.21. The van der Waals surface area contributed by atoms with Gasteiger partial charge in [-0.05, 0) is 38.1 Å². The van der Waals surface area contributed by atoms with Crippen molar-refractivity contribution in [2.45, 2.75) is 32.5 Å². The number of benzene rings is 1. The second-order valence-corrected chi connectivity index (χ2v) is 6.21. The average molecular weight is 293 g/mol. The van der Waals surface area contributed by atoms with Crippen molar-refractivity contribution in [1.29, 1.82) is 0 Å². The van der Waals surface area contributed by atoms with E-state index < -0.39 is 5.60 Å². The number of amides is 1. The number of hydrogen-bond acceptors (Lipinski definition) is 2. The van der Waals surface area contributed by atoms with Gasteiger partial charge in [0.25, 0.3) is 5.91 Å². The highest BCUT2D eigenvalue weighted by atomic mass is 35.5. The van der Waals surface area contributed by atoms with Gasteiger partial charge in [0.1, 0.15) is 5.60 Å². The van der Waals surface area contributed by atoms with Crippen LogP contribution in [0.2, 0.25) is 5.02 Å². The van der Waals surface area contributed by atoms with Crippen molar-refractivity contribution in [3.63, 3.8) is 0 Å². The zero-order valence-corrected chi connectivity index (χ0v) is 12.3. The van der Waals surface area contributed by atoms with Crippen molar-refractivity contribution < 1.29 is 9.90 Å². The van der Waals surface area contributed by atoms with E-state index in [9.17, 15) is 9.90 Å². The van der Waals surface area contributed by atoms with Gasteiger partial charge in [-0.15, -0.1) is 0 Å². The van der Waals surface area contributed by atoms with Crippen LogP contribution in [0.4, 0.5) is 0 Å². The van der Waals surface area contributed by atoms with Gasteiger partial charge < -0.3 is 14.6 Å². The summed E-state index contributed by atoms with van der Waals surface area (Å²) in [6, 6.07) is 7.88. The number of aromatic nitrogens is 1. The Morgan fingerprint density at radius 2 is 2.05 bits per heavy atom. The van der Waals surface area contributed by atoms with E-state index in [2.05, 4.69) is 10.6 Å². The molecule has 0 atom stereocenters. The van der Waals surface area contributed by atoms with E-state index in [4.69, 9.17) is 11.6 Å². The van der Waals surface area contributed by atoms with Gasteiger partial charge in [0.2, 0.25) is 0 Å². The molecule has 3 rings (SSSR count). The lowest BCUT2D eigenvalue weighted by Crippen LogP contribution is -2.47. The largest absolute Gasteiger partial charge is 0.381 e. The van der Waals surface area contributed by atoms with Crippen LogP contribution in [0, 0.1) is 0 Å². The molecular weight excluding hydrogens is 276 g/mol. The molecule has 0 unspecified atom stereocenters. The number of halogens is 1. The Bertz CT molecular complexity index is 685. The molecule has 106 valence electrons. The second kappa shape index (κ2) is 4.50. The van der Waals surface area contributed by atoms with Gasteiger partial charge in [0.05, 0.1) is 6.54 Å². The summed E-state index contributed by atoms with van der Waals surface area (Å²) in [5.74, 6) is -0.230. The number of carbonyl (C=O) groups is 1. The molecule has 20 heavy (non-hydrogen) atoms. The minimum absolute atomic E-state index is 0.230. The van der Waals surface area contributed by atoms with Gasteiger partial charge in [0, 0.05) is 34.7 Å². The highest BCUT2D eigenvalue weighted by Gasteiger charge is 2.31. The molecule has 0 radical (unpaired) electrons. The molecule has 0 spiro atoms. The molecule has 1 aromatic heterocycles. The van der Waals surface area contributed by atoms with Crippen LogP contribution in [-0.4, -0.2) is 32.6 Å². The van der Waals surface area contributed by atoms with E-state index in [0.717, 1.165) is 23.1 Å². The van der Waals surface area contributed by atoms with Crippen molar-refractivity contribution in [2.24, 2.45) is 0 Å². The van der Waals surface area contributed by atoms with Gasteiger partial charge in [-0.25, -0.2) is 0 Å². The highest BCUT2D eigenvalue weighted by molar-refractivity contribution is 6.31. The maximum absolute atomic E-state index is 12.1. The fourth-order valence-corrected chi connectivity index (χ4v) is 2.93. The summed E-state index contributed by atoms with van der Waals surface area (Å²) in [5, 5.41) is 11.6. The van der Waals surface area contributed by atoms with E-state index in [0.29, 0.717) is 18.1 Å². The first-order valence-electron chi connectivity index (χ1n) is 6.66. The molecule has 2 heterocycles.